The van der Waals surface area contributed by atoms with Gasteiger partial charge in [0.25, 0.3) is 17.6 Å². The zero-order valence-corrected chi connectivity index (χ0v) is 45.3. The minimum absolute atomic E-state index is 0.0162. The third kappa shape index (κ3) is 13.3. The zero-order chi connectivity index (χ0) is 51.9. The topological polar surface area (TPSA) is 179 Å². The van der Waals surface area contributed by atoms with Crippen LogP contribution in [0, 0.1) is 13.8 Å². The molecule has 2 fully saturated rings. The number of benzene rings is 4. The Kier molecular flexibility index (Phi) is 20.5. The number of nitrogens with zero attached hydrogens (tertiary/aromatic N) is 5. The van der Waals surface area contributed by atoms with Gasteiger partial charge in [0.1, 0.15) is 54.9 Å². The van der Waals surface area contributed by atoms with Crippen LogP contribution < -0.4 is 28.7 Å². The molecule has 2 aromatic heterocycles. The van der Waals surface area contributed by atoms with E-state index >= 15 is 0 Å². The van der Waals surface area contributed by atoms with Crippen LogP contribution in [-0.4, -0.2) is 136 Å². The summed E-state index contributed by atoms with van der Waals surface area (Å²) in [5.41, 5.74) is 6.68. The molecule has 0 radical (unpaired) electrons. The molecule has 4 heterocycles. The van der Waals surface area contributed by atoms with Gasteiger partial charge in [-0.25, -0.2) is 15.0 Å². The van der Waals surface area contributed by atoms with E-state index in [1.165, 1.54) is 32.8 Å². The summed E-state index contributed by atoms with van der Waals surface area (Å²) in [4.78, 5) is 43.5. The van der Waals surface area contributed by atoms with Crippen LogP contribution in [0.3, 0.4) is 0 Å². The van der Waals surface area contributed by atoms with Crippen molar-refractivity contribution in [2.75, 3.05) is 119 Å². The molecule has 0 bridgehead atoms. The fraction of sp³-hybridized carbons (Fsp3) is 0.385. The molecule has 0 N–H and O–H groups in total. The van der Waals surface area contributed by atoms with Gasteiger partial charge < -0.3 is 56.5 Å². The Hall–Kier alpha value is -6.00. The van der Waals surface area contributed by atoms with Gasteiger partial charge in [-0.05, 0) is 105 Å². The van der Waals surface area contributed by atoms with E-state index in [0.717, 1.165) is 83.4 Å². The molecule has 0 spiro atoms. The average molecular weight is 1120 g/mol. The Morgan fingerprint density at radius 1 is 0.611 bits per heavy atom. The monoisotopic (exact) mass is 1120 g/mol. The number of likely N-dealkylation sites (N-methyl/N-ethyl adjacent to an activating group) is 1. The fourth-order valence-corrected chi connectivity index (χ4v) is 8.97. The van der Waals surface area contributed by atoms with E-state index in [1.54, 1.807) is 42.4 Å². The lowest BCUT2D eigenvalue weighted by Crippen LogP contribution is -2.36. The van der Waals surface area contributed by atoms with Gasteiger partial charge in [0.05, 0.1) is 62.0 Å². The number of aromatic nitrogens is 2. The molecule has 2 saturated heterocycles. The van der Waals surface area contributed by atoms with Crippen molar-refractivity contribution in [3.05, 3.63) is 117 Å². The van der Waals surface area contributed by atoms with E-state index in [-0.39, 0.29) is 17.6 Å². The second kappa shape index (κ2) is 26.6. The summed E-state index contributed by atoms with van der Waals surface area (Å²) in [6, 6.07) is 23.0. The van der Waals surface area contributed by atoms with Crippen molar-refractivity contribution in [2.24, 2.45) is 0 Å². The van der Waals surface area contributed by atoms with E-state index in [9.17, 15) is 9.59 Å². The lowest BCUT2D eigenvalue weighted by atomic mass is 10.0. The lowest BCUT2D eigenvalue weighted by Gasteiger charge is -2.29. The number of Topliss-reactive ketones (excluding diaryl/α,β-unsaturated/α-hetero) is 1. The summed E-state index contributed by atoms with van der Waals surface area (Å²) >= 11 is 6.89. The van der Waals surface area contributed by atoms with Gasteiger partial charge in [-0.1, -0.05) is 24.3 Å². The molecular weight excluding hydrogens is 1060 g/mol. The standard InChI is InChI=1S/C25H27BrN2O6.C15H22N2O4.C12H12BrNO3/c1-15-22(17-13-19(30-2)21(26)20(14-17)31-3)27-25(34-15)23(29)24(32-4)16-5-7-18(8-6-16)28-9-11-33-12-10-28;1-16(20-3)15(18)14(19-2)12-4-6-13(7-5-12)17-8-10-21-11-9-17;1-7-12(14-6-17-7)8-4-9(15-2)11(13)10(5-8)16-3/h5-8,13-14,24H,9-12H2,1-4H3;4-7,14H,8-11H2,1-3H3;4-6H,1-3H3. The Balaban J connectivity index is 0.000000191. The number of amides is 1. The number of morpholine rings is 2. The van der Waals surface area contributed by atoms with E-state index in [0.29, 0.717) is 57.7 Å². The van der Waals surface area contributed by atoms with E-state index in [4.69, 9.17) is 51.6 Å². The fourth-order valence-electron chi connectivity index (χ4n) is 7.87. The van der Waals surface area contributed by atoms with Crippen molar-refractivity contribution in [2.45, 2.75) is 26.1 Å². The van der Waals surface area contributed by atoms with Crippen LogP contribution in [-0.2, 0) is 28.6 Å². The van der Waals surface area contributed by atoms with Crippen LogP contribution in [0.15, 0.2) is 97.0 Å². The van der Waals surface area contributed by atoms with Gasteiger partial charge >= 0.3 is 0 Å². The minimum Gasteiger partial charge on any atom is -0.495 e. The first-order valence-electron chi connectivity index (χ1n) is 22.8. The summed E-state index contributed by atoms with van der Waals surface area (Å²) in [6.45, 7) is 10.0. The van der Waals surface area contributed by atoms with Crippen LogP contribution >= 0.6 is 31.9 Å². The van der Waals surface area contributed by atoms with Gasteiger partial charge in [0, 0.05) is 69.9 Å². The molecule has 18 nitrogen and oxygen atoms in total. The van der Waals surface area contributed by atoms with Gasteiger partial charge in [-0.3, -0.25) is 14.4 Å². The number of carbonyl (C=O) groups excluding carboxylic acids is 2. The molecule has 4 aromatic carbocycles. The number of ketones is 1. The summed E-state index contributed by atoms with van der Waals surface area (Å²) in [5, 5.41) is 1.17. The first-order valence-corrected chi connectivity index (χ1v) is 24.4. The van der Waals surface area contributed by atoms with Crippen LogP contribution in [0.5, 0.6) is 23.0 Å². The highest BCUT2D eigenvalue weighted by Crippen LogP contribution is 2.41. The van der Waals surface area contributed by atoms with Gasteiger partial charge in [-0.15, -0.1) is 0 Å². The highest BCUT2D eigenvalue weighted by atomic mass is 79.9. The van der Waals surface area contributed by atoms with E-state index in [1.807, 2.05) is 79.7 Å². The first kappa shape index (κ1) is 55.3. The van der Waals surface area contributed by atoms with Crippen molar-refractivity contribution in [1.29, 1.82) is 0 Å². The number of hydrogen-bond donors (Lipinski definition) is 0. The minimum atomic E-state index is -0.835. The van der Waals surface area contributed by atoms with Crippen molar-refractivity contribution in [3.63, 3.8) is 0 Å². The van der Waals surface area contributed by atoms with Crippen molar-refractivity contribution in [1.82, 2.24) is 15.0 Å². The highest BCUT2D eigenvalue weighted by molar-refractivity contribution is 9.11. The molecule has 8 rings (SSSR count). The summed E-state index contributed by atoms with van der Waals surface area (Å²) in [5.74, 6) is 3.22. The molecule has 386 valence electrons. The molecule has 6 aromatic rings. The number of hydroxylamine groups is 2. The van der Waals surface area contributed by atoms with Crippen LogP contribution in [0.2, 0.25) is 0 Å². The number of oxazole rings is 2. The number of methoxy groups -OCH3 is 6. The first-order chi connectivity index (χ1) is 34.8. The van der Waals surface area contributed by atoms with Crippen molar-refractivity contribution >= 4 is 54.9 Å². The highest BCUT2D eigenvalue weighted by Gasteiger charge is 2.29. The largest absolute Gasteiger partial charge is 0.495 e. The third-order valence-electron chi connectivity index (χ3n) is 11.9. The lowest BCUT2D eigenvalue weighted by molar-refractivity contribution is -0.179. The molecule has 1 amide bonds. The maximum absolute atomic E-state index is 13.3. The second-order valence-corrected chi connectivity index (χ2v) is 17.7. The third-order valence-corrected chi connectivity index (χ3v) is 13.4. The van der Waals surface area contributed by atoms with E-state index in [2.05, 4.69) is 51.6 Å². The van der Waals surface area contributed by atoms with Crippen LogP contribution in [0.4, 0.5) is 11.4 Å². The Bertz CT molecular complexity index is 2650. The number of aryl methyl sites for hydroxylation is 2. The molecule has 20 heteroatoms. The molecular formula is C52H61Br2N5O13. The molecule has 2 aliphatic rings. The Labute approximate surface area is 436 Å². The number of halogens is 2. The summed E-state index contributed by atoms with van der Waals surface area (Å²) in [6.07, 6.45) is -0.0709. The SMILES string of the molecule is COC(C(=O)N(C)OC)c1ccc(N2CCOCC2)cc1.COc1cc(-c2nc(C(=O)C(OC)c3ccc(N4CCOCC4)cc3)oc2C)cc(OC)c1Br.COc1cc(-c2ncoc2C)cc(OC)c1Br. The number of ether oxygens (including phenoxy) is 8. The molecule has 0 aliphatic carbocycles. The smallest absolute Gasteiger partial charge is 0.279 e. The number of hydrogen-bond acceptors (Lipinski definition) is 17. The normalized spacial score (nSPS) is 14.2. The van der Waals surface area contributed by atoms with Gasteiger partial charge in [0.2, 0.25) is 0 Å². The summed E-state index contributed by atoms with van der Waals surface area (Å²) in [7, 11) is 12.4. The second-order valence-electron chi connectivity index (χ2n) is 16.1. The van der Waals surface area contributed by atoms with Gasteiger partial charge in [0.15, 0.2) is 18.6 Å². The number of carbonyl (C=O) groups is 2. The average Bonchev–Trinajstić information content (AvgIpc) is 4.04. The van der Waals surface area contributed by atoms with Crippen LogP contribution in [0.25, 0.3) is 22.5 Å². The Morgan fingerprint density at radius 2 is 1.03 bits per heavy atom. The molecule has 2 aliphatic heterocycles. The van der Waals surface area contributed by atoms with Crippen molar-refractivity contribution in [3.8, 4) is 45.5 Å². The van der Waals surface area contributed by atoms with Gasteiger partial charge in [-0.2, -0.15) is 0 Å². The Morgan fingerprint density at radius 3 is 1.40 bits per heavy atom. The number of rotatable bonds is 16. The molecule has 72 heavy (non-hydrogen) atoms. The zero-order valence-electron chi connectivity index (χ0n) is 42.1. The molecule has 2 unspecified atom stereocenters. The van der Waals surface area contributed by atoms with Crippen LogP contribution in [0.1, 0.15) is 45.5 Å². The van der Waals surface area contributed by atoms with Crippen molar-refractivity contribution < 1.29 is 61.2 Å². The maximum atomic E-state index is 13.3. The molecule has 2 atom stereocenters. The summed E-state index contributed by atoms with van der Waals surface area (Å²) < 4.78 is 55.5. The quantitative estimate of drug-likeness (QED) is 0.0660. The maximum Gasteiger partial charge on any atom is 0.279 e. The number of anilines is 2. The van der Waals surface area contributed by atoms with E-state index < -0.39 is 12.2 Å². The predicted molar refractivity (Wildman–Crippen MR) is 278 cm³/mol. The predicted octanol–water partition coefficient (Wildman–Crippen LogP) is 9.50. The molecule has 0 saturated carbocycles.